The number of aliphatic hydroxyl groups is 1. The van der Waals surface area contributed by atoms with Crippen LogP contribution in [0.2, 0.25) is 0 Å². The zero-order chi connectivity index (χ0) is 23.7. The molecule has 2 fully saturated rings. The van der Waals surface area contributed by atoms with Crippen LogP contribution >= 0.6 is 0 Å². The van der Waals surface area contributed by atoms with Crippen molar-refractivity contribution in [2.75, 3.05) is 36.6 Å². The summed E-state index contributed by atoms with van der Waals surface area (Å²) in [6.45, 7) is 9.12. The zero-order valence-corrected chi connectivity index (χ0v) is 19.2. The van der Waals surface area contributed by atoms with Gasteiger partial charge < -0.3 is 20.1 Å². The number of fused-ring (bicyclic) bond motifs is 2. The van der Waals surface area contributed by atoms with Crippen LogP contribution < -0.4 is 15.8 Å². The van der Waals surface area contributed by atoms with Crippen molar-refractivity contribution in [3.05, 3.63) is 16.4 Å². The summed E-state index contributed by atoms with van der Waals surface area (Å²) in [5, 5.41) is 13.8. The molecule has 1 aromatic rings. The summed E-state index contributed by atoms with van der Waals surface area (Å²) in [5.74, 6) is 0.164. The molecule has 0 bridgehead atoms. The van der Waals surface area contributed by atoms with Gasteiger partial charge in [0.05, 0.1) is 31.0 Å². The second kappa shape index (κ2) is 9.56. The van der Waals surface area contributed by atoms with Gasteiger partial charge in [-0.25, -0.2) is 0 Å². The van der Waals surface area contributed by atoms with Crippen LogP contribution in [-0.4, -0.2) is 75.9 Å². The molecule has 3 aliphatic heterocycles. The lowest BCUT2D eigenvalue weighted by Gasteiger charge is -2.42. The van der Waals surface area contributed by atoms with Crippen LogP contribution in [-0.2, 0) is 11.3 Å². The van der Waals surface area contributed by atoms with E-state index in [4.69, 9.17) is 4.74 Å². The second-order valence-corrected chi connectivity index (χ2v) is 8.39. The van der Waals surface area contributed by atoms with Gasteiger partial charge in [0.1, 0.15) is 11.9 Å². The fourth-order valence-electron chi connectivity index (χ4n) is 4.27. The average Bonchev–Trinajstić information content (AvgIpc) is 3.44. The van der Waals surface area contributed by atoms with Gasteiger partial charge >= 0.3 is 6.18 Å². The summed E-state index contributed by atoms with van der Waals surface area (Å²) >= 11 is 0. The first-order valence-corrected chi connectivity index (χ1v) is 11.4. The van der Waals surface area contributed by atoms with Crippen molar-refractivity contribution in [2.45, 2.75) is 83.5 Å². The molecule has 8 nitrogen and oxygen atoms in total. The molecule has 0 saturated carbocycles. The van der Waals surface area contributed by atoms with Gasteiger partial charge in [0, 0.05) is 25.7 Å². The van der Waals surface area contributed by atoms with E-state index in [9.17, 15) is 23.1 Å². The predicted octanol–water partition coefficient (Wildman–Crippen LogP) is 2.41. The number of hydrogen-bond acceptors (Lipinski definition) is 7. The van der Waals surface area contributed by atoms with E-state index in [1.54, 1.807) is 13.8 Å². The SMILES string of the molecule is CC.CCC(O)(CC)CN1c2nc(NCC3OCN4CC34)cc(=O)n2CCC1C(F)(F)F. The van der Waals surface area contributed by atoms with Crippen LogP contribution in [0.3, 0.4) is 0 Å². The largest absolute Gasteiger partial charge is 0.408 e. The lowest BCUT2D eigenvalue weighted by Crippen LogP contribution is -2.57. The Hall–Kier alpha value is -1.85. The van der Waals surface area contributed by atoms with Crippen molar-refractivity contribution in [3.8, 4) is 0 Å². The summed E-state index contributed by atoms with van der Waals surface area (Å²) < 4.78 is 48.3. The van der Waals surface area contributed by atoms with Crippen molar-refractivity contribution in [2.24, 2.45) is 0 Å². The van der Waals surface area contributed by atoms with Crippen molar-refractivity contribution >= 4 is 11.8 Å². The molecule has 1 aromatic heterocycles. The Labute approximate surface area is 186 Å². The van der Waals surface area contributed by atoms with Crippen molar-refractivity contribution in [3.63, 3.8) is 0 Å². The van der Waals surface area contributed by atoms with E-state index in [0.717, 1.165) is 11.4 Å². The molecular weight excluding hydrogens is 427 g/mol. The molecule has 32 heavy (non-hydrogen) atoms. The molecule has 4 atom stereocenters. The third-order valence-electron chi connectivity index (χ3n) is 6.53. The summed E-state index contributed by atoms with van der Waals surface area (Å²) in [7, 11) is 0. The summed E-state index contributed by atoms with van der Waals surface area (Å²) in [6, 6.07) is -0.143. The number of ether oxygens (including phenoxy) is 1. The first-order chi connectivity index (χ1) is 15.1. The van der Waals surface area contributed by atoms with E-state index in [1.165, 1.54) is 10.6 Å². The Kier molecular flexibility index (Phi) is 7.41. The minimum absolute atomic E-state index is 0.0325. The van der Waals surface area contributed by atoms with E-state index in [0.29, 0.717) is 32.2 Å². The first kappa shape index (κ1) is 24.8. The average molecular weight is 462 g/mol. The van der Waals surface area contributed by atoms with Crippen molar-refractivity contribution < 1.29 is 23.0 Å². The molecule has 4 rings (SSSR count). The third kappa shape index (κ3) is 5.04. The van der Waals surface area contributed by atoms with Crippen LogP contribution in [0, 0.1) is 0 Å². The van der Waals surface area contributed by atoms with Crippen LogP contribution in [0.4, 0.5) is 24.9 Å². The van der Waals surface area contributed by atoms with Gasteiger partial charge in [-0.15, -0.1) is 0 Å². The van der Waals surface area contributed by atoms with Crippen molar-refractivity contribution in [1.82, 2.24) is 14.5 Å². The molecule has 2 N–H and O–H groups in total. The van der Waals surface area contributed by atoms with Gasteiger partial charge in [-0.05, 0) is 19.3 Å². The Morgan fingerprint density at radius 2 is 1.97 bits per heavy atom. The molecule has 11 heteroatoms. The fourth-order valence-corrected chi connectivity index (χ4v) is 4.27. The molecule has 0 amide bonds. The smallest absolute Gasteiger partial charge is 0.388 e. The van der Waals surface area contributed by atoms with Crippen LogP contribution in [0.25, 0.3) is 0 Å². The minimum atomic E-state index is -4.50. The van der Waals surface area contributed by atoms with E-state index < -0.39 is 23.4 Å². The maximum absolute atomic E-state index is 13.8. The minimum Gasteiger partial charge on any atom is -0.388 e. The Morgan fingerprint density at radius 3 is 2.50 bits per heavy atom. The van der Waals surface area contributed by atoms with Crippen molar-refractivity contribution in [1.29, 1.82) is 0 Å². The van der Waals surface area contributed by atoms with Gasteiger partial charge in [-0.3, -0.25) is 14.3 Å². The van der Waals surface area contributed by atoms with E-state index in [1.807, 2.05) is 13.8 Å². The Morgan fingerprint density at radius 1 is 1.28 bits per heavy atom. The number of aromatic nitrogens is 2. The molecule has 0 aromatic carbocycles. The highest BCUT2D eigenvalue weighted by Crippen LogP contribution is 2.36. The Balaban J connectivity index is 0.00000141. The predicted molar refractivity (Wildman–Crippen MR) is 116 cm³/mol. The summed E-state index contributed by atoms with van der Waals surface area (Å²) in [5.41, 5.74) is -1.72. The van der Waals surface area contributed by atoms with Gasteiger partial charge in [0.2, 0.25) is 5.95 Å². The van der Waals surface area contributed by atoms with E-state index in [-0.39, 0.29) is 37.4 Å². The molecule has 4 heterocycles. The quantitative estimate of drug-likeness (QED) is 0.604. The molecule has 0 spiro atoms. The van der Waals surface area contributed by atoms with Gasteiger partial charge in [-0.2, -0.15) is 18.2 Å². The summed E-state index contributed by atoms with van der Waals surface area (Å²) in [6.07, 6.45) is -4.20. The third-order valence-corrected chi connectivity index (χ3v) is 6.53. The standard InChI is InChI=1S/C19H28F3N5O3.C2H6/c1-3-18(29,4-2)10-27-14(19(20,21)22)5-6-26-16(28)7-15(24-17(26)27)23-8-13-12-9-25(12)11-30-13;1-2/h7,12-14,23,29H,3-6,8-11H2,1-2H3;1-2H3. The molecule has 4 unspecified atom stereocenters. The number of alkyl halides is 3. The number of β-amino-alcohol motifs (C(OH)–C–C–N with tert-alkyl or cyclic N) is 1. The van der Waals surface area contributed by atoms with Gasteiger partial charge in [-0.1, -0.05) is 27.7 Å². The maximum Gasteiger partial charge on any atom is 0.408 e. The fraction of sp³-hybridized carbons (Fsp3) is 0.810. The molecule has 0 aliphatic carbocycles. The maximum atomic E-state index is 13.8. The topological polar surface area (TPSA) is 82.6 Å². The van der Waals surface area contributed by atoms with Crippen LogP contribution in [0.15, 0.2) is 10.9 Å². The van der Waals surface area contributed by atoms with Crippen LogP contribution in [0.1, 0.15) is 47.0 Å². The second-order valence-electron chi connectivity index (χ2n) is 8.39. The van der Waals surface area contributed by atoms with E-state index in [2.05, 4.69) is 15.2 Å². The molecular formula is C21H34F3N5O3. The van der Waals surface area contributed by atoms with E-state index >= 15 is 0 Å². The normalized spacial score (nSPS) is 26.7. The molecule has 3 aliphatic rings. The number of hydrogen-bond donors (Lipinski definition) is 2. The zero-order valence-electron chi connectivity index (χ0n) is 19.2. The monoisotopic (exact) mass is 461 g/mol. The highest BCUT2D eigenvalue weighted by atomic mass is 19.4. The summed E-state index contributed by atoms with van der Waals surface area (Å²) in [4.78, 5) is 20.2. The number of nitrogens with one attached hydrogen (secondary N) is 1. The highest BCUT2D eigenvalue weighted by molar-refractivity contribution is 5.45. The first-order valence-electron chi connectivity index (χ1n) is 11.4. The lowest BCUT2D eigenvalue weighted by atomic mass is 9.95. The van der Waals surface area contributed by atoms with Crippen LogP contribution in [0.5, 0.6) is 0 Å². The molecule has 182 valence electrons. The number of anilines is 2. The molecule has 0 radical (unpaired) electrons. The number of halogens is 3. The van der Waals surface area contributed by atoms with Gasteiger partial charge in [0.25, 0.3) is 5.56 Å². The highest BCUT2D eigenvalue weighted by Gasteiger charge is 2.49. The Bertz CT molecular complexity index is 843. The molecule has 2 saturated heterocycles. The van der Waals surface area contributed by atoms with Gasteiger partial charge in [0.15, 0.2) is 0 Å². The number of nitrogens with zero attached hydrogens (tertiary/aromatic N) is 4. The number of rotatable bonds is 7. The lowest BCUT2D eigenvalue weighted by molar-refractivity contribution is -0.154.